The van der Waals surface area contributed by atoms with Crippen molar-refractivity contribution in [2.75, 3.05) is 31.5 Å². The summed E-state index contributed by atoms with van der Waals surface area (Å²) in [4.78, 5) is 29.4. The molecule has 1 atom stereocenters. The van der Waals surface area contributed by atoms with Gasteiger partial charge in [-0.25, -0.2) is 4.68 Å². The molecule has 2 aliphatic heterocycles. The van der Waals surface area contributed by atoms with Gasteiger partial charge in [0.2, 0.25) is 5.91 Å². The Bertz CT molecular complexity index is 1350. The van der Waals surface area contributed by atoms with Gasteiger partial charge < -0.3 is 20.7 Å². The first kappa shape index (κ1) is 23.3. The highest BCUT2D eigenvalue weighted by molar-refractivity contribution is 5.98. The van der Waals surface area contributed by atoms with Crippen LogP contribution in [0.5, 0.6) is 11.5 Å². The second-order valence-electron chi connectivity index (χ2n) is 9.91. The van der Waals surface area contributed by atoms with E-state index in [4.69, 9.17) is 15.6 Å². The number of hydrogen-bond donors (Lipinski definition) is 2. The van der Waals surface area contributed by atoms with Crippen molar-refractivity contribution in [3.63, 3.8) is 0 Å². The van der Waals surface area contributed by atoms with E-state index in [9.17, 15) is 9.59 Å². The Kier molecular flexibility index (Phi) is 5.72. The molecule has 1 saturated carbocycles. The molecule has 1 aliphatic carbocycles. The number of ether oxygens (including phenoxy) is 1. The van der Waals surface area contributed by atoms with Crippen molar-refractivity contribution in [3.05, 3.63) is 78.6 Å². The van der Waals surface area contributed by atoms with Gasteiger partial charge in [-0.1, -0.05) is 24.8 Å². The molecule has 37 heavy (non-hydrogen) atoms. The smallest absolute Gasteiger partial charge is 0.269 e. The third-order valence-electron chi connectivity index (χ3n) is 7.63. The van der Waals surface area contributed by atoms with Gasteiger partial charge in [0.25, 0.3) is 5.91 Å². The number of aromatic nitrogens is 2. The van der Waals surface area contributed by atoms with E-state index >= 15 is 0 Å². The minimum absolute atomic E-state index is 0.00290. The predicted octanol–water partition coefficient (Wildman–Crippen LogP) is 3.48. The zero-order valence-corrected chi connectivity index (χ0v) is 20.6. The zero-order valence-electron chi connectivity index (χ0n) is 20.6. The number of carbonyl (C=O) groups excluding carboxylic acids is 2. The first-order valence-corrected chi connectivity index (χ1v) is 12.7. The van der Waals surface area contributed by atoms with Crippen molar-refractivity contribution in [3.8, 4) is 17.2 Å². The fourth-order valence-electron chi connectivity index (χ4n) is 5.66. The first-order chi connectivity index (χ1) is 18.0. The topological polar surface area (TPSA) is 106 Å². The molecule has 1 spiro atoms. The molecule has 0 bridgehead atoms. The van der Waals surface area contributed by atoms with Crippen molar-refractivity contribution in [2.24, 2.45) is 5.73 Å². The largest absolute Gasteiger partial charge is 0.457 e. The normalized spacial score (nSPS) is 20.1. The van der Waals surface area contributed by atoms with Crippen LogP contribution in [0.2, 0.25) is 0 Å². The Hall–Kier alpha value is -4.11. The summed E-state index contributed by atoms with van der Waals surface area (Å²) in [5.74, 6) is 0.901. The molecule has 3 aliphatic rings. The highest BCUT2D eigenvalue weighted by Crippen LogP contribution is 2.47. The van der Waals surface area contributed by atoms with Crippen LogP contribution in [0.15, 0.2) is 67.3 Å². The van der Waals surface area contributed by atoms with E-state index in [0.29, 0.717) is 30.2 Å². The van der Waals surface area contributed by atoms with E-state index in [0.717, 1.165) is 49.5 Å². The van der Waals surface area contributed by atoms with E-state index in [1.54, 1.807) is 4.68 Å². The second-order valence-corrected chi connectivity index (χ2v) is 9.91. The van der Waals surface area contributed by atoms with Crippen LogP contribution in [0, 0.1) is 0 Å². The summed E-state index contributed by atoms with van der Waals surface area (Å²) in [6.07, 6.45) is 4.27. The van der Waals surface area contributed by atoms with Gasteiger partial charge in [0, 0.05) is 26.2 Å². The molecule has 2 aromatic carbocycles. The monoisotopic (exact) mass is 498 g/mol. The molecular formula is C28H30N6O3. The molecule has 0 radical (unpaired) electrons. The van der Waals surface area contributed by atoms with E-state index in [1.807, 2.05) is 59.5 Å². The minimum Gasteiger partial charge on any atom is -0.457 e. The van der Waals surface area contributed by atoms with Crippen LogP contribution in [0.1, 0.15) is 41.5 Å². The third kappa shape index (κ3) is 4.15. The van der Waals surface area contributed by atoms with Gasteiger partial charge in [0.15, 0.2) is 5.69 Å². The number of para-hydroxylation sites is 1. The van der Waals surface area contributed by atoms with Crippen molar-refractivity contribution in [2.45, 2.75) is 30.8 Å². The van der Waals surface area contributed by atoms with Gasteiger partial charge in [-0.3, -0.25) is 14.5 Å². The maximum atomic E-state index is 12.6. The van der Waals surface area contributed by atoms with Gasteiger partial charge in [-0.2, -0.15) is 5.10 Å². The molecular weight excluding hydrogens is 468 g/mol. The Morgan fingerprint density at radius 2 is 1.81 bits per heavy atom. The predicted molar refractivity (Wildman–Crippen MR) is 140 cm³/mol. The number of amides is 2. The van der Waals surface area contributed by atoms with Gasteiger partial charge >= 0.3 is 0 Å². The number of piperazine rings is 1. The lowest BCUT2D eigenvalue weighted by Crippen LogP contribution is -2.57. The zero-order chi connectivity index (χ0) is 25.6. The van der Waals surface area contributed by atoms with Crippen LogP contribution in [-0.4, -0.2) is 63.1 Å². The summed E-state index contributed by atoms with van der Waals surface area (Å²) >= 11 is 0. The summed E-state index contributed by atoms with van der Waals surface area (Å²) in [6, 6.07) is 17.1. The van der Waals surface area contributed by atoms with Crippen LogP contribution < -0.4 is 15.8 Å². The van der Waals surface area contributed by atoms with Crippen LogP contribution >= 0.6 is 0 Å². The van der Waals surface area contributed by atoms with Crippen LogP contribution in [-0.2, 0) is 4.79 Å². The minimum atomic E-state index is -0.536. The fraction of sp³-hybridized carbons (Fsp3) is 0.321. The molecule has 1 saturated heterocycles. The number of hydrogen-bond acceptors (Lipinski definition) is 6. The first-order valence-electron chi connectivity index (χ1n) is 12.7. The summed E-state index contributed by atoms with van der Waals surface area (Å²) in [7, 11) is 0. The lowest BCUT2D eigenvalue weighted by Gasteiger charge is -2.45. The number of rotatable bonds is 6. The van der Waals surface area contributed by atoms with Crippen LogP contribution in [0.4, 0.5) is 5.69 Å². The molecule has 6 rings (SSSR count). The molecule has 190 valence electrons. The maximum absolute atomic E-state index is 12.6. The molecule has 1 aromatic heterocycles. The number of anilines is 1. The van der Waals surface area contributed by atoms with Gasteiger partial charge in [-0.05, 0) is 61.7 Å². The average Bonchev–Trinajstić information content (AvgIpc) is 3.55. The average molecular weight is 499 g/mol. The van der Waals surface area contributed by atoms with Gasteiger partial charge in [-0.15, -0.1) is 0 Å². The Morgan fingerprint density at radius 3 is 2.49 bits per heavy atom. The number of fused-ring (bicyclic) bond motifs is 1. The molecule has 9 nitrogen and oxygen atoms in total. The lowest BCUT2D eigenvalue weighted by atomic mass is 9.99. The lowest BCUT2D eigenvalue weighted by molar-refractivity contribution is -0.132. The summed E-state index contributed by atoms with van der Waals surface area (Å²) in [5, 5.41) is 8.30. The number of carbonyl (C=O) groups is 2. The standard InChI is InChI=1S/C28H30N6O3/c1-2-23(35)33-17-16-32(18-28(33)13-14-28)22-12-15-30-25-24(22)31-34(26(25)27(29)36)19-8-10-21(11-9-19)37-20-6-4-3-5-7-20/h2-11,22,30H,1,12-18H2,(H2,29,36)/t22-/m0/s1. The van der Waals surface area contributed by atoms with E-state index in [2.05, 4.69) is 16.8 Å². The van der Waals surface area contributed by atoms with E-state index in [1.165, 1.54) is 6.08 Å². The summed E-state index contributed by atoms with van der Waals surface area (Å²) in [5.41, 5.74) is 8.34. The van der Waals surface area contributed by atoms with E-state index in [-0.39, 0.29) is 17.5 Å². The van der Waals surface area contributed by atoms with Crippen LogP contribution in [0.25, 0.3) is 5.69 Å². The molecule has 3 aromatic rings. The van der Waals surface area contributed by atoms with Crippen LogP contribution in [0.3, 0.4) is 0 Å². The molecule has 0 unspecified atom stereocenters. The molecule has 3 heterocycles. The van der Waals surface area contributed by atoms with Crippen molar-refractivity contribution >= 4 is 17.5 Å². The molecule has 3 N–H and O–H groups in total. The second kappa shape index (κ2) is 9.08. The van der Waals surface area contributed by atoms with E-state index < -0.39 is 5.91 Å². The number of benzene rings is 2. The summed E-state index contributed by atoms with van der Waals surface area (Å²) in [6.45, 7) is 6.59. The number of nitrogens with zero attached hydrogens (tertiary/aromatic N) is 4. The van der Waals surface area contributed by atoms with Crippen molar-refractivity contribution < 1.29 is 14.3 Å². The Balaban J connectivity index is 1.29. The molecule has 9 heteroatoms. The number of nitrogens with one attached hydrogen (secondary N) is 1. The Morgan fingerprint density at radius 1 is 1.08 bits per heavy atom. The van der Waals surface area contributed by atoms with Crippen molar-refractivity contribution in [1.82, 2.24) is 19.6 Å². The number of primary amides is 1. The maximum Gasteiger partial charge on any atom is 0.269 e. The quantitative estimate of drug-likeness (QED) is 0.504. The summed E-state index contributed by atoms with van der Waals surface area (Å²) < 4.78 is 7.54. The van der Waals surface area contributed by atoms with Crippen molar-refractivity contribution in [1.29, 1.82) is 0 Å². The molecule has 2 fully saturated rings. The van der Waals surface area contributed by atoms with Gasteiger partial charge in [0.1, 0.15) is 17.2 Å². The SMILES string of the molecule is C=CC(=O)N1CCN([C@H]2CCNc3c2nn(-c2ccc(Oc4ccccc4)cc2)c3C(N)=O)CC12CC2. The van der Waals surface area contributed by atoms with Gasteiger partial charge in [0.05, 0.1) is 23.0 Å². The fourth-order valence-corrected chi connectivity index (χ4v) is 5.66. The highest BCUT2D eigenvalue weighted by atomic mass is 16.5. The molecule has 2 amide bonds. The highest BCUT2D eigenvalue weighted by Gasteiger charge is 2.54. The Labute approximate surface area is 215 Å². The third-order valence-corrected chi connectivity index (χ3v) is 7.63. The number of nitrogens with two attached hydrogens (primary N) is 1.